The largest absolute Gasteiger partial charge is 0.352 e. The van der Waals surface area contributed by atoms with E-state index in [1.807, 2.05) is 45.0 Å². The maximum Gasteiger partial charge on any atom is 0.244 e. The maximum absolute atomic E-state index is 13.5. The van der Waals surface area contributed by atoms with Crippen LogP contribution in [0, 0.1) is 13.8 Å². The average molecular weight is 494 g/mol. The number of aryl methyl sites for hydroxylation is 2. The summed E-state index contributed by atoms with van der Waals surface area (Å²) >= 11 is 6.03. The maximum atomic E-state index is 13.5. The molecule has 33 heavy (non-hydrogen) atoms. The van der Waals surface area contributed by atoms with Gasteiger partial charge in [-0.2, -0.15) is 0 Å². The van der Waals surface area contributed by atoms with Crippen molar-refractivity contribution in [2.75, 3.05) is 17.1 Å². The van der Waals surface area contributed by atoms with Gasteiger partial charge in [0, 0.05) is 17.6 Å². The lowest BCUT2D eigenvalue weighted by Crippen LogP contribution is -2.52. The normalized spacial score (nSPS) is 12.4. The Hall–Kier alpha value is -2.58. The molecule has 0 saturated carbocycles. The SMILES string of the molecule is Cc1ccccc1CN(C(=O)CN(c1ccc(Cl)cc1C)S(C)(=O)=O)C(C)C(=O)NC(C)C. The minimum Gasteiger partial charge on any atom is -0.352 e. The third kappa shape index (κ3) is 7.20. The van der Waals surface area contributed by atoms with Gasteiger partial charge in [0.15, 0.2) is 0 Å². The zero-order valence-corrected chi connectivity index (χ0v) is 21.5. The van der Waals surface area contributed by atoms with Gasteiger partial charge in [0.25, 0.3) is 0 Å². The van der Waals surface area contributed by atoms with Crippen LogP contribution >= 0.6 is 11.6 Å². The van der Waals surface area contributed by atoms with Gasteiger partial charge in [-0.1, -0.05) is 35.9 Å². The molecule has 0 bridgehead atoms. The number of nitrogens with zero attached hydrogens (tertiary/aromatic N) is 2. The van der Waals surface area contributed by atoms with Gasteiger partial charge in [0.2, 0.25) is 21.8 Å². The van der Waals surface area contributed by atoms with Crippen molar-refractivity contribution in [2.45, 2.75) is 53.2 Å². The van der Waals surface area contributed by atoms with Gasteiger partial charge in [-0.15, -0.1) is 0 Å². The summed E-state index contributed by atoms with van der Waals surface area (Å²) in [5.41, 5.74) is 2.84. The Labute approximate surface area is 201 Å². The fraction of sp³-hybridized carbons (Fsp3) is 0.417. The highest BCUT2D eigenvalue weighted by molar-refractivity contribution is 7.92. The number of amides is 2. The molecule has 180 valence electrons. The van der Waals surface area contributed by atoms with E-state index < -0.39 is 28.5 Å². The van der Waals surface area contributed by atoms with Crippen LogP contribution in [0.4, 0.5) is 5.69 Å². The number of benzene rings is 2. The molecule has 1 N–H and O–H groups in total. The van der Waals surface area contributed by atoms with E-state index in [9.17, 15) is 18.0 Å². The standard InChI is InChI=1S/C24H32ClN3O4S/c1-16(2)26-24(30)19(5)27(14-20-10-8-7-9-17(20)3)23(29)15-28(33(6,31)32)22-12-11-21(25)13-18(22)4/h7-13,16,19H,14-15H2,1-6H3,(H,26,30). The molecule has 0 fully saturated rings. The Bertz CT molecular complexity index is 1120. The van der Waals surface area contributed by atoms with Crippen LogP contribution in [0.2, 0.25) is 5.02 Å². The number of rotatable bonds is 9. The zero-order chi connectivity index (χ0) is 24.9. The Morgan fingerprint density at radius 1 is 1.03 bits per heavy atom. The predicted octanol–water partition coefficient (Wildman–Crippen LogP) is 3.66. The minimum absolute atomic E-state index is 0.0976. The molecule has 2 aromatic carbocycles. The second-order valence-corrected chi connectivity index (χ2v) is 10.8. The first-order valence-electron chi connectivity index (χ1n) is 10.7. The van der Waals surface area contributed by atoms with Crippen molar-refractivity contribution < 1.29 is 18.0 Å². The molecule has 0 heterocycles. The van der Waals surface area contributed by atoms with Crippen LogP contribution < -0.4 is 9.62 Å². The number of hydrogen-bond acceptors (Lipinski definition) is 4. The van der Waals surface area contributed by atoms with Crippen molar-refractivity contribution in [3.05, 3.63) is 64.2 Å². The van der Waals surface area contributed by atoms with Crippen molar-refractivity contribution in [2.24, 2.45) is 0 Å². The van der Waals surface area contributed by atoms with Gasteiger partial charge < -0.3 is 10.2 Å². The van der Waals surface area contributed by atoms with Crippen LogP contribution in [0.15, 0.2) is 42.5 Å². The van der Waals surface area contributed by atoms with Crippen LogP contribution in [-0.2, 0) is 26.2 Å². The zero-order valence-electron chi connectivity index (χ0n) is 19.9. The first-order chi connectivity index (χ1) is 15.3. The monoisotopic (exact) mass is 493 g/mol. The quantitative estimate of drug-likeness (QED) is 0.577. The molecule has 0 saturated heterocycles. The van der Waals surface area contributed by atoms with Gasteiger partial charge in [0.1, 0.15) is 12.6 Å². The van der Waals surface area contributed by atoms with Crippen LogP contribution in [0.25, 0.3) is 0 Å². The van der Waals surface area contributed by atoms with Gasteiger partial charge in [0.05, 0.1) is 11.9 Å². The number of carbonyl (C=O) groups excluding carboxylic acids is 2. The van der Waals surface area contributed by atoms with Crippen molar-refractivity contribution in [3.8, 4) is 0 Å². The van der Waals surface area contributed by atoms with Gasteiger partial charge >= 0.3 is 0 Å². The lowest BCUT2D eigenvalue weighted by atomic mass is 10.1. The number of carbonyl (C=O) groups is 2. The molecule has 1 unspecified atom stereocenters. The van der Waals surface area contributed by atoms with Gasteiger partial charge in [-0.25, -0.2) is 8.42 Å². The summed E-state index contributed by atoms with van der Waals surface area (Å²) in [6.45, 7) is 8.72. The predicted molar refractivity (Wildman–Crippen MR) is 133 cm³/mol. The number of hydrogen-bond donors (Lipinski definition) is 1. The van der Waals surface area contributed by atoms with E-state index in [1.54, 1.807) is 32.0 Å². The number of sulfonamides is 1. The molecular weight excluding hydrogens is 462 g/mol. The molecule has 1 atom stereocenters. The lowest BCUT2D eigenvalue weighted by molar-refractivity contribution is -0.139. The molecule has 9 heteroatoms. The lowest BCUT2D eigenvalue weighted by Gasteiger charge is -2.32. The fourth-order valence-electron chi connectivity index (χ4n) is 3.45. The van der Waals surface area contributed by atoms with E-state index in [4.69, 9.17) is 11.6 Å². The van der Waals surface area contributed by atoms with Crippen molar-refractivity contribution in [1.82, 2.24) is 10.2 Å². The highest BCUT2D eigenvalue weighted by atomic mass is 35.5. The number of nitrogens with one attached hydrogen (secondary N) is 1. The number of halogens is 1. The van der Waals surface area contributed by atoms with Crippen molar-refractivity contribution in [1.29, 1.82) is 0 Å². The van der Waals surface area contributed by atoms with E-state index in [1.165, 1.54) is 4.90 Å². The summed E-state index contributed by atoms with van der Waals surface area (Å²) in [4.78, 5) is 27.7. The summed E-state index contributed by atoms with van der Waals surface area (Å²) in [7, 11) is -3.79. The Morgan fingerprint density at radius 3 is 2.21 bits per heavy atom. The third-order valence-electron chi connectivity index (χ3n) is 5.31. The summed E-state index contributed by atoms with van der Waals surface area (Å²) in [6.07, 6.45) is 1.05. The summed E-state index contributed by atoms with van der Waals surface area (Å²) in [5, 5.41) is 3.30. The third-order valence-corrected chi connectivity index (χ3v) is 6.67. The molecule has 0 radical (unpaired) electrons. The highest BCUT2D eigenvalue weighted by Crippen LogP contribution is 2.26. The highest BCUT2D eigenvalue weighted by Gasteiger charge is 2.31. The molecule has 2 rings (SSSR count). The molecule has 0 aromatic heterocycles. The molecule has 0 aliphatic heterocycles. The molecular formula is C24H32ClN3O4S. The Morgan fingerprint density at radius 2 is 1.67 bits per heavy atom. The first-order valence-corrected chi connectivity index (χ1v) is 12.9. The molecule has 0 aliphatic rings. The summed E-state index contributed by atoms with van der Waals surface area (Å²) < 4.78 is 26.3. The van der Waals surface area contributed by atoms with E-state index in [0.717, 1.165) is 21.7 Å². The minimum atomic E-state index is -3.79. The first kappa shape index (κ1) is 26.7. The molecule has 0 aliphatic carbocycles. The summed E-state index contributed by atoms with van der Waals surface area (Å²) in [6, 6.07) is 11.5. The van der Waals surface area contributed by atoms with Gasteiger partial charge in [-0.05, 0) is 69.5 Å². The summed E-state index contributed by atoms with van der Waals surface area (Å²) in [5.74, 6) is -0.787. The van der Waals surface area contributed by atoms with E-state index in [-0.39, 0.29) is 18.5 Å². The molecule has 2 aromatic rings. The van der Waals surface area contributed by atoms with Gasteiger partial charge in [-0.3, -0.25) is 13.9 Å². The van der Waals surface area contributed by atoms with Crippen molar-refractivity contribution >= 4 is 39.1 Å². The average Bonchev–Trinajstić information content (AvgIpc) is 2.70. The smallest absolute Gasteiger partial charge is 0.244 e. The molecule has 0 spiro atoms. The Kier molecular flexibility index (Phi) is 8.91. The van der Waals surface area contributed by atoms with E-state index in [2.05, 4.69) is 5.32 Å². The fourth-order valence-corrected chi connectivity index (χ4v) is 4.59. The number of anilines is 1. The molecule has 7 nitrogen and oxygen atoms in total. The molecule has 2 amide bonds. The van der Waals surface area contributed by atoms with Crippen LogP contribution in [-0.4, -0.2) is 50.0 Å². The Balaban J connectivity index is 2.44. The van der Waals surface area contributed by atoms with Crippen molar-refractivity contribution in [3.63, 3.8) is 0 Å². The van der Waals surface area contributed by atoms with E-state index >= 15 is 0 Å². The topological polar surface area (TPSA) is 86.8 Å². The van der Waals surface area contributed by atoms with E-state index in [0.29, 0.717) is 16.3 Å². The second-order valence-electron chi connectivity index (χ2n) is 8.49. The van der Waals surface area contributed by atoms with Crippen LogP contribution in [0.5, 0.6) is 0 Å². The van der Waals surface area contributed by atoms with Crippen LogP contribution in [0.3, 0.4) is 0 Å². The van der Waals surface area contributed by atoms with Crippen LogP contribution in [0.1, 0.15) is 37.5 Å². The second kappa shape index (κ2) is 11.0.